The maximum Gasteiger partial charge on any atom is 0.262 e. The van der Waals surface area contributed by atoms with Crippen molar-refractivity contribution in [1.29, 1.82) is 0 Å². The van der Waals surface area contributed by atoms with Crippen LogP contribution in [0.3, 0.4) is 0 Å². The Kier molecular flexibility index (Phi) is 7.97. The lowest BCUT2D eigenvalue weighted by molar-refractivity contribution is 0.734. The first-order valence-corrected chi connectivity index (χ1v) is 13.3. The second kappa shape index (κ2) is 11.7. The van der Waals surface area contributed by atoms with Gasteiger partial charge in [-0.25, -0.2) is 0 Å². The van der Waals surface area contributed by atoms with Crippen molar-refractivity contribution in [3.63, 3.8) is 0 Å². The lowest BCUT2D eigenvalue weighted by Crippen LogP contribution is -2.22. The Bertz CT molecular complexity index is 2010. The van der Waals surface area contributed by atoms with Crippen LogP contribution in [0.4, 0.5) is 0 Å². The van der Waals surface area contributed by atoms with Crippen LogP contribution in [0, 0.1) is 9.54 Å². The standard InChI is InChI=1S/C15H11ClN2OS.C15H12N2OS/c16-11-7-5-10(6-8-11)9-18-14(19)12-3-1-2-4-13(12)17-15(18)20;18-14-12-8-4-5-9-13(12)16-15(19)17(14)10-11-6-2-1-3-7-11/h1-8H,9H2,(H,17,20);1-9H,10H2,(H,16,19). The summed E-state index contributed by atoms with van der Waals surface area (Å²) in [5.41, 5.74) is 3.44. The number of nitrogens with zero attached hydrogens (tertiary/aromatic N) is 2. The van der Waals surface area contributed by atoms with Crippen molar-refractivity contribution in [1.82, 2.24) is 19.1 Å². The summed E-state index contributed by atoms with van der Waals surface area (Å²) in [4.78, 5) is 31.1. The number of hydrogen-bond acceptors (Lipinski definition) is 4. The van der Waals surface area contributed by atoms with Gasteiger partial charge < -0.3 is 9.97 Å². The first kappa shape index (κ1) is 26.5. The lowest BCUT2D eigenvalue weighted by atomic mass is 10.2. The molecule has 2 N–H and O–H groups in total. The van der Waals surface area contributed by atoms with Crippen molar-refractivity contribution in [2.24, 2.45) is 0 Å². The average molecular weight is 571 g/mol. The minimum atomic E-state index is -0.0840. The van der Waals surface area contributed by atoms with Gasteiger partial charge in [0.25, 0.3) is 11.1 Å². The number of aromatic amines is 2. The molecule has 6 nitrogen and oxygen atoms in total. The molecule has 0 radical (unpaired) electrons. The Morgan fingerprint density at radius 1 is 0.564 bits per heavy atom. The Hall–Kier alpha value is -4.11. The Morgan fingerprint density at radius 3 is 1.46 bits per heavy atom. The third kappa shape index (κ3) is 5.98. The highest BCUT2D eigenvalue weighted by Gasteiger charge is 2.07. The van der Waals surface area contributed by atoms with E-state index in [1.54, 1.807) is 27.3 Å². The molecule has 0 aliphatic rings. The summed E-state index contributed by atoms with van der Waals surface area (Å²) in [6, 6.07) is 32.0. The zero-order valence-electron chi connectivity index (χ0n) is 20.6. The maximum absolute atomic E-state index is 12.5. The van der Waals surface area contributed by atoms with Gasteiger partial charge in [-0.3, -0.25) is 18.7 Å². The van der Waals surface area contributed by atoms with Crippen LogP contribution in [0.15, 0.2) is 113 Å². The fourth-order valence-electron chi connectivity index (χ4n) is 4.22. The van der Waals surface area contributed by atoms with Crippen LogP contribution in [0.2, 0.25) is 5.02 Å². The zero-order chi connectivity index (χ0) is 27.4. The molecule has 6 aromatic rings. The molecule has 0 saturated carbocycles. The fraction of sp³-hybridized carbons (Fsp3) is 0.0667. The largest absolute Gasteiger partial charge is 0.332 e. The van der Waals surface area contributed by atoms with Gasteiger partial charge in [-0.15, -0.1) is 0 Å². The number of benzene rings is 4. The molecule has 39 heavy (non-hydrogen) atoms. The van der Waals surface area contributed by atoms with Crippen LogP contribution < -0.4 is 11.1 Å². The molecule has 2 aromatic heterocycles. The number of rotatable bonds is 4. The van der Waals surface area contributed by atoms with Crippen molar-refractivity contribution < 1.29 is 0 Å². The molecule has 4 aromatic carbocycles. The van der Waals surface area contributed by atoms with E-state index in [0.717, 1.165) is 22.2 Å². The molecular weight excluding hydrogens is 548 g/mol. The predicted octanol–water partition coefficient (Wildman–Crippen LogP) is 6.87. The summed E-state index contributed by atoms with van der Waals surface area (Å²) in [7, 11) is 0. The van der Waals surface area contributed by atoms with Crippen LogP contribution >= 0.6 is 36.0 Å². The fourth-order valence-corrected chi connectivity index (χ4v) is 4.86. The van der Waals surface area contributed by atoms with Gasteiger partial charge in [0.2, 0.25) is 0 Å². The van der Waals surface area contributed by atoms with Gasteiger partial charge in [-0.05, 0) is 72.0 Å². The Labute approximate surface area is 238 Å². The van der Waals surface area contributed by atoms with Gasteiger partial charge in [0.1, 0.15) is 0 Å². The van der Waals surface area contributed by atoms with Gasteiger partial charge in [-0.2, -0.15) is 0 Å². The van der Waals surface area contributed by atoms with Crippen LogP contribution in [-0.2, 0) is 13.1 Å². The quantitative estimate of drug-likeness (QED) is 0.227. The van der Waals surface area contributed by atoms with Gasteiger partial charge >= 0.3 is 0 Å². The Morgan fingerprint density at radius 2 is 0.974 bits per heavy atom. The molecule has 0 amide bonds. The van der Waals surface area contributed by atoms with Crippen molar-refractivity contribution in [3.05, 3.63) is 150 Å². The van der Waals surface area contributed by atoms with E-state index in [0.29, 0.717) is 38.4 Å². The second-order valence-electron chi connectivity index (χ2n) is 8.85. The molecule has 194 valence electrons. The monoisotopic (exact) mass is 570 g/mol. The van der Waals surface area contributed by atoms with Crippen LogP contribution in [-0.4, -0.2) is 19.1 Å². The predicted molar refractivity (Wildman–Crippen MR) is 163 cm³/mol. The zero-order valence-corrected chi connectivity index (χ0v) is 23.0. The van der Waals surface area contributed by atoms with E-state index in [9.17, 15) is 9.59 Å². The van der Waals surface area contributed by atoms with Crippen LogP contribution in [0.1, 0.15) is 11.1 Å². The van der Waals surface area contributed by atoms with Crippen LogP contribution in [0.5, 0.6) is 0 Å². The number of H-pyrrole nitrogens is 2. The van der Waals surface area contributed by atoms with Crippen LogP contribution in [0.25, 0.3) is 21.8 Å². The van der Waals surface area contributed by atoms with E-state index >= 15 is 0 Å². The molecule has 0 aliphatic heterocycles. The first-order valence-electron chi connectivity index (χ1n) is 12.1. The summed E-state index contributed by atoms with van der Waals surface area (Å²) in [5.74, 6) is 0. The minimum Gasteiger partial charge on any atom is -0.332 e. The van der Waals surface area contributed by atoms with E-state index in [4.69, 9.17) is 36.0 Å². The van der Waals surface area contributed by atoms with Gasteiger partial charge in [0.05, 0.1) is 34.9 Å². The third-order valence-electron chi connectivity index (χ3n) is 6.22. The second-order valence-corrected chi connectivity index (χ2v) is 10.1. The number of nitrogens with one attached hydrogen (secondary N) is 2. The maximum atomic E-state index is 12.5. The van der Waals surface area contributed by atoms with E-state index in [-0.39, 0.29) is 11.1 Å². The molecule has 0 fully saturated rings. The summed E-state index contributed by atoms with van der Waals surface area (Å²) in [6.07, 6.45) is 0. The van der Waals surface area contributed by atoms with Gasteiger partial charge in [-0.1, -0.05) is 78.3 Å². The lowest BCUT2D eigenvalue weighted by Gasteiger charge is -2.08. The van der Waals surface area contributed by atoms with E-state index < -0.39 is 0 Å². The van der Waals surface area contributed by atoms with Crippen molar-refractivity contribution >= 4 is 57.8 Å². The van der Waals surface area contributed by atoms with E-state index in [1.165, 1.54) is 0 Å². The summed E-state index contributed by atoms with van der Waals surface area (Å²) >= 11 is 16.4. The number of halogens is 1. The number of fused-ring (bicyclic) bond motifs is 2. The molecule has 0 bridgehead atoms. The molecule has 2 heterocycles. The summed E-state index contributed by atoms with van der Waals surface area (Å²) < 4.78 is 4.02. The van der Waals surface area contributed by atoms with Gasteiger partial charge in [0, 0.05) is 5.02 Å². The first-order chi connectivity index (χ1) is 18.9. The third-order valence-corrected chi connectivity index (χ3v) is 7.11. The minimum absolute atomic E-state index is 0.0526. The molecule has 0 aliphatic carbocycles. The van der Waals surface area contributed by atoms with E-state index in [1.807, 2.05) is 84.9 Å². The number of aromatic nitrogens is 4. The summed E-state index contributed by atoms with van der Waals surface area (Å²) in [5, 5.41) is 1.96. The summed E-state index contributed by atoms with van der Waals surface area (Å²) in [6.45, 7) is 0.913. The normalized spacial score (nSPS) is 10.8. The Balaban J connectivity index is 0.000000158. The van der Waals surface area contributed by atoms with Gasteiger partial charge in [0.15, 0.2) is 9.54 Å². The van der Waals surface area contributed by atoms with Crippen molar-refractivity contribution in [2.75, 3.05) is 0 Å². The van der Waals surface area contributed by atoms with Crippen molar-refractivity contribution in [2.45, 2.75) is 13.1 Å². The highest BCUT2D eigenvalue weighted by molar-refractivity contribution is 7.71. The van der Waals surface area contributed by atoms with Crippen molar-refractivity contribution in [3.8, 4) is 0 Å². The molecule has 6 rings (SSSR count). The van der Waals surface area contributed by atoms with E-state index in [2.05, 4.69) is 9.97 Å². The molecule has 0 atom stereocenters. The number of para-hydroxylation sites is 2. The number of hydrogen-bond donors (Lipinski definition) is 2. The molecule has 0 saturated heterocycles. The molecule has 0 spiro atoms. The topological polar surface area (TPSA) is 75.6 Å². The highest BCUT2D eigenvalue weighted by Crippen LogP contribution is 2.12. The average Bonchev–Trinajstić information content (AvgIpc) is 2.95. The smallest absolute Gasteiger partial charge is 0.262 e. The molecule has 9 heteroatoms. The molecular formula is C30H23ClN4O2S2. The highest BCUT2D eigenvalue weighted by atomic mass is 35.5. The SMILES string of the molecule is O=c1c2ccccc2[nH]c(=S)n1Cc1ccc(Cl)cc1.O=c1c2ccccc2[nH]c(=S)n1Cc1ccccc1. The molecule has 0 unspecified atom stereocenters.